The first-order chi connectivity index (χ1) is 9.15. The van der Waals surface area contributed by atoms with Crippen LogP contribution in [-0.2, 0) is 0 Å². The van der Waals surface area contributed by atoms with E-state index in [1.807, 2.05) is 19.1 Å². The fraction of sp³-hybridized carbons (Fsp3) is 0.0769. The van der Waals surface area contributed by atoms with Crippen LogP contribution >= 0.6 is 0 Å². The van der Waals surface area contributed by atoms with Crippen molar-refractivity contribution in [2.24, 2.45) is 0 Å². The van der Waals surface area contributed by atoms with Gasteiger partial charge in [-0.2, -0.15) is 0 Å². The topological polar surface area (TPSA) is 91.8 Å². The summed E-state index contributed by atoms with van der Waals surface area (Å²) in [6.07, 6.45) is 3.12. The summed E-state index contributed by atoms with van der Waals surface area (Å²) in [6.45, 7) is 1.90. The molecule has 2 N–H and O–H groups in total. The number of hydrogen-bond donors (Lipinski definition) is 2. The quantitative estimate of drug-likeness (QED) is 0.730. The number of carboxylic acid groups (broad SMARTS) is 1. The number of fused-ring (bicyclic) bond motifs is 1. The van der Waals surface area contributed by atoms with Gasteiger partial charge in [-0.05, 0) is 25.1 Å². The second-order valence-corrected chi connectivity index (χ2v) is 4.14. The second-order valence-electron chi connectivity index (χ2n) is 4.14. The van der Waals surface area contributed by atoms with E-state index in [1.54, 1.807) is 6.20 Å². The lowest BCUT2D eigenvalue weighted by molar-refractivity contribution is 0.0699. The number of aromatic carboxylic acids is 1. The Morgan fingerprint density at radius 3 is 2.79 bits per heavy atom. The summed E-state index contributed by atoms with van der Waals surface area (Å²) < 4.78 is 0. The lowest BCUT2D eigenvalue weighted by Crippen LogP contribution is -1.97. The van der Waals surface area contributed by atoms with Crippen LogP contribution in [0.5, 0.6) is 0 Å². The van der Waals surface area contributed by atoms with Crippen molar-refractivity contribution in [2.45, 2.75) is 6.92 Å². The maximum atomic E-state index is 11.1. The Bertz CT molecular complexity index is 762. The Morgan fingerprint density at radius 2 is 2.11 bits per heavy atom. The van der Waals surface area contributed by atoms with Gasteiger partial charge in [0.1, 0.15) is 5.82 Å². The minimum atomic E-state index is -1.01. The molecule has 0 radical (unpaired) electrons. The zero-order valence-corrected chi connectivity index (χ0v) is 10.1. The van der Waals surface area contributed by atoms with E-state index in [4.69, 9.17) is 5.11 Å². The predicted molar refractivity (Wildman–Crippen MR) is 68.8 cm³/mol. The van der Waals surface area contributed by atoms with E-state index in [0.29, 0.717) is 17.0 Å². The molecule has 6 nitrogen and oxygen atoms in total. The van der Waals surface area contributed by atoms with Crippen LogP contribution in [-0.4, -0.2) is 31.0 Å². The molecule has 0 atom stereocenters. The average molecular weight is 254 g/mol. The molecule has 0 fully saturated rings. The number of H-pyrrole nitrogens is 1. The summed E-state index contributed by atoms with van der Waals surface area (Å²) in [5.74, 6) is -0.451. The lowest BCUT2D eigenvalue weighted by Gasteiger charge is -1.96. The number of carboxylic acids is 1. The van der Waals surface area contributed by atoms with Gasteiger partial charge in [-0.15, -0.1) is 0 Å². The fourth-order valence-corrected chi connectivity index (χ4v) is 1.83. The molecule has 0 unspecified atom stereocenters. The van der Waals surface area contributed by atoms with E-state index in [9.17, 15) is 4.79 Å². The number of nitrogens with zero attached hydrogens (tertiary/aromatic N) is 3. The molecule has 94 valence electrons. The SMILES string of the molecule is Cc1ccc(-c2nc3nccc(C(=O)O)c3[nH]2)cn1. The number of aromatic nitrogens is 4. The Hall–Kier alpha value is -2.76. The molecule has 0 aromatic carbocycles. The van der Waals surface area contributed by atoms with Gasteiger partial charge in [-0.1, -0.05) is 0 Å². The molecular weight excluding hydrogens is 244 g/mol. The number of carbonyl (C=O) groups is 1. The summed E-state index contributed by atoms with van der Waals surface area (Å²) in [4.78, 5) is 26.6. The first-order valence-corrected chi connectivity index (χ1v) is 5.66. The molecule has 6 heteroatoms. The van der Waals surface area contributed by atoms with E-state index in [2.05, 4.69) is 19.9 Å². The number of rotatable bonds is 2. The highest BCUT2D eigenvalue weighted by Gasteiger charge is 2.13. The van der Waals surface area contributed by atoms with E-state index in [-0.39, 0.29) is 5.56 Å². The Morgan fingerprint density at radius 1 is 1.26 bits per heavy atom. The molecule has 0 aliphatic rings. The first kappa shape index (κ1) is 11.3. The van der Waals surface area contributed by atoms with Crippen molar-refractivity contribution in [3.63, 3.8) is 0 Å². The minimum absolute atomic E-state index is 0.156. The van der Waals surface area contributed by atoms with Crippen LogP contribution in [0.3, 0.4) is 0 Å². The van der Waals surface area contributed by atoms with Gasteiger partial charge >= 0.3 is 5.97 Å². The fourth-order valence-electron chi connectivity index (χ4n) is 1.83. The van der Waals surface area contributed by atoms with Gasteiger partial charge in [0, 0.05) is 23.7 Å². The van der Waals surface area contributed by atoms with Crippen LogP contribution in [0.15, 0.2) is 30.6 Å². The van der Waals surface area contributed by atoms with E-state index in [1.165, 1.54) is 12.3 Å². The number of nitrogens with one attached hydrogen (secondary N) is 1. The van der Waals surface area contributed by atoms with Crippen LogP contribution in [0.4, 0.5) is 0 Å². The maximum Gasteiger partial charge on any atom is 0.338 e. The summed E-state index contributed by atoms with van der Waals surface area (Å²) in [7, 11) is 0. The molecule has 19 heavy (non-hydrogen) atoms. The van der Waals surface area contributed by atoms with Gasteiger partial charge < -0.3 is 10.1 Å². The minimum Gasteiger partial charge on any atom is -0.478 e. The highest BCUT2D eigenvalue weighted by atomic mass is 16.4. The van der Waals surface area contributed by atoms with Crippen molar-refractivity contribution >= 4 is 17.1 Å². The molecule has 0 aliphatic heterocycles. The van der Waals surface area contributed by atoms with Crippen molar-refractivity contribution in [3.8, 4) is 11.4 Å². The second kappa shape index (κ2) is 4.16. The van der Waals surface area contributed by atoms with Gasteiger partial charge in [-0.25, -0.2) is 14.8 Å². The molecule has 3 rings (SSSR count). The molecule has 3 heterocycles. The summed E-state index contributed by atoms with van der Waals surface area (Å²) in [5.41, 5.74) is 2.66. The summed E-state index contributed by atoms with van der Waals surface area (Å²) in [5, 5.41) is 9.11. The summed E-state index contributed by atoms with van der Waals surface area (Å²) >= 11 is 0. The van der Waals surface area contributed by atoms with Gasteiger partial charge in [-0.3, -0.25) is 4.98 Å². The molecule has 0 saturated heterocycles. The number of imidazole rings is 1. The molecular formula is C13H10N4O2. The molecule has 0 amide bonds. The molecule has 0 bridgehead atoms. The Balaban J connectivity index is 2.19. The Labute approximate surface area is 108 Å². The standard InChI is InChI=1S/C13H10N4O2/c1-7-2-3-8(6-15-7)11-16-10-9(13(18)19)4-5-14-12(10)17-11/h2-6H,1H3,(H,18,19)(H,14,16,17). The van der Waals surface area contributed by atoms with Crippen molar-refractivity contribution in [1.82, 2.24) is 19.9 Å². The molecule has 3 aromatic heterocycles. The number of hydrogen-bond acceptors (Lipinski definition) is 4. The predicted octanol–water partition coefficient (Wildman–Crippen LogP) is 2.03. The molecule has 0 aliphatic carbocycles. The van der Waals surface area contributed by atoms with E-state index in [0.717, 1.165) is 11.3 Å². The highest BCUT2D eigenvalue weighted by Crippen LogP contribution is 2.21. The maximum absolute atomic E-state index is 11.1. The van der Waals surface area contributed by atoms with Crippen molar-refractivity contribution < 1.29 is 9.90 Å². The third-order valence-electron chi connectivity index (χ3n) is 2.81. The first-order valence-electron chi connectivity index (χ1n) is 5.66. The van der Waals surface area contributed by atoms with Gasteiger partial charge in [0.25, 0.3) is 0 Å². The van der Waals surface area contributed by atoms with Gasteiger partial charge in [0.15, 0.2) is 5.65 Å². The third-order valence-corrected chi connectivity index (χ3v) is 2.81. The van der Waals surface area contributed by atoms with Crippen LogP contribution in [0.25, 0.3) is 22.6 Å². The smallest absolute Gasteiger partial charge is 0.338 e. The van der Waals surface area contributed by atoms with Crippen LogP contribution < -0.4 is 0 Å². The van der Waals surface area contributed by atoms with Crippen molar-refractivity contribution in [3.05, 3.63) is 41.9 Å². The monoisotopic (exact) mass is 254 g/mol. The zero-order valence-electron chi connectivity index (χ0n) is 10.1. The van der Waals surface area contributed by atoms with Crippen molar-refractivity contribution in [2.75, 3.05) is 0 Å². The van der Waals surface area contributed by atoms with Crippen molar-refractivity contribution in [1.29, 1.82) is 0 Å². The van der Waals surface area contributed by atoms with Crippen LogP contribution in [0.1, 0.15) is 16.1 Å². The normalized spacial score (nSPS) is 10.8. The third kappa shape index (κ3) is 1.93. The zero-order chi connectivity index (χ0) is 13.4. The van der Waals surface area contributed by atoms with Crippen LogP contribution in [0.2, 0.25) is 0 Å². The lowest BCUT2D eigenvalue weighted by atomic mass is 10.2. The van der Waals surface area contributed by atoms with E-state index < -0.39 is 5.97 Å². The number of pyridine rings is 2. The molecule has 0 spiro atoms. The van der Waals surface area contributed by atoms with Crippen LogP contribution in [0, 0.1) is 6.92 Å². The van der Waals surface area contributed by atoms with E-state index >= 15 is 0 Å². The van der Waals surface area contributed by atoms with Gasteiger partial charge in [0.2, 0.25) is 0 Å². The number of aromatic amines is 1. The Kier molecular flexibility index (Phi) is 2.49. The average Bonchev–Trinajstić information content (AvgIpc) is 2.82. The number of aryl methyl sites for hydroxylation is 1. The molecule has 3 aromatic rings. The summed E-state index contributed by atoms with van der Waals surface area (Å²) in [6, 6.07) is 5.19. The highest BCUT2D eigenvalue weighted by molar-refractivity contribution is 6.00. The van der Waals surface area contributed by atoms with Gasteiger partial charge in [0.05, 0.1) is 11.1 Å². The largest absolute Gasteiger partial charge is 0.478 e. The molecule has 0 saturated carbocycles.